The van der Waals surface area contributed by atoms with E-state index in [1.165, 1.54) is 0 Å². The predicted octanol–water partition coefficient (Wildman–Crippen LogP) is 2.14. The maximum atomic E-state index is 10.3. The number of aromatic hydroxyl groups is 1. The number of methoxy groups -OCH3 is 1. The first kappa shape index (κ1) is 13.6. The number of benzene rings is 1. The maximum absolute atomic E-state index is 10.3. The SMILES string of the molecule is COC1=CC(C=Cc2cccc(O)c2)C(O)C2=C1OCO2. The quantitative estimate of drug-likeness (QED) is 0.892. The number of hydrogen-bond acceptors (Lipinski definition) is 5. The van der Waals surface area contributed by atoms with E-state index < -0.39 is 6.10 Å². The molecule has 3 rings (SSSR count). The van der Waals surface area contributed by atoms with Crippen LogP contribution in [-0.4, -0.2) is 30.2 Å². The van der Waals surface area contributed by atoms with Gasteiger partial charge in [-0.05, 0) is 23.8 Å². The number of rotatable bonds is 3. The van der Waals surface area contributed by atoms with Crippen molar-refractivity contribution < 1.29 is 24.4 Å². The number of aliphatic hydroxyl groups excluding tert-OH is 1. The van der Waals surface area contributed by atoms with Gasteiger partial charge in [0.1, 0.15) is 11.9 Å². The number of aliphatic hydroxyl groups is 1. The summed E-state index contributed by atoms with van der Waals surface area (Å²) in [6, 6.07) is 6.88. The fourth-order valence-electron chi connectivity index (χ4n) is 2.39. The van der Waals surface area contributed by atoms with Crippen molar-refractivity contribution in [2.45, 2.75) is 6.10 Å². The van der Waals surface area contributed by atoms with E-state index in [0.717, 1.165) is 5.56 Å². The van der Waals surface area contributed by atoms with Gasteiger partial charge in [0, 0.05) is 5.92 Å². The number of ether oxygens (including phenoxy) is 3. The molecule has 0 amide bonds. The molecule has 0 spiro atoms. The van der Waals surface area contributed by atoms with Crippen molar-refractivity contribution >= 4 is 6.08 Å². The lowest BCUT2D eigenvalue weighted by atomic mass is 9.93. The summed E-state index contributed by atoms with van der Waals surface area (Å²) < 4.78 is 15.9. The Morgan fingerprint density at radius 2 is 2.19 bits per heavy atom. The zero-order chi connectivity index (χ0) is 14.8. The topological polar surface area (TPSA) is 68.2 Å². The molecule has 2 N–H and O–H groups in total. The summed E-state index contributed by atoms with van der Waals surface area (Å²) >= 11 is 0. The highest BCUT2D eigenvalue weighted by Gasteiger charge is 2.36. The van der Waals surface area contributed by atoms with Crippen LogP contribution < -0.4 is 0 Å². The van der Waals surface area contributed by atoms with Gasteiger partial charge in [-0.2, -0.15) is 0 Å². The standard InChI is InChI=1S/C16H16O5/c1-19-13-8-11(14(18)16-15(13)20-9-21-16)6-5-10-3-2-4-12(17)7-10/h2-8,11,14,17-18H,9H2,1H3. The molecule has 1 heterocycles. The van der Waals surface area contributed by atoms with Crippen LogP contribution in [0.3, 0.4) is 0 Å². The molecule has 5 heteroatoms. The van der Waals surface area contributed by atoms with E-state index in [1.54, 1.807) is 31.4 Å². The fraction of sp³-hybridized carbons (Fsp3) is 0.250. The third-order valence-electron chi connectivity index (χ3n) is 3.44. The van der Waals surface area contributed by atoms with Gasteiger partial charge in [-0.15, -0.1) is 0 Å². The van der Waals surface area contributed by atoms with Gasteiger partial charge in [0.15, 0.2) is 11.5 Å². The van der Waals surface area contributed by atoms with Crippen molar-refractivity contribution in [3.63, 3.8) is 0 Å². The van der Waals surface area contributed by atoms with E-state index in [4.69, 9.17) is 14.2 Å². The monoisotopic (exact) mass is 288 g/mol. The van der Waals surface area contributed by atoms with Crippen LogP contribution >= 0.6 is 0 Å². The molecule has 2 aliphatic rings. The zero-order valence-corrected chi connectivity index (χ0v) is 11.5. The van der Waals surface area contributed by atoms with Crippen molar-refractivity contribution in [3.05, 3.63) is 59.3 Å². The Morgan fingerprint density at radius 1 is 1.33 bits per heavy atom. The Kier molecular flexibility index (Phi) is 3.58. The molecular formula is C16H16O5. The van der Waals surface area contributed by atoms with Crippen molar-refractivity contribution in [1.29, 1.82) is 0 Å². The number of hydrogen-bond donors (Lipinski definition) is 2. The van der Waals surface area contributed by atoms with E-state index in [9.17, 15) is 10.2 Å². The second kappa shape index (κ2) is 5.54. The van der Waals surface area contributed by atoms with Gasteiger partial charge < -0.3 is 24.4 Å². The highest BCUT2D eigenvalue weighted by molar-refractivity contribution is 5.53. The second-order valence-corrected chi connectivity index (χ2v) is 4.81. The predicted molar refractivity (Wildman–Crippen MR) is 75.8 cm³/mol. The number of phenols is 1. The van der Waals surface area contributed by atoms with Gasteiger partial charge in [-0.25, -0.2) is 0 Å². The Labute approximate surface area is 122 Å². The minimum atomic E-state index is -0.810. The first-order valence-corrected chi connectivity index (χ1v) is 6.60. The molecule has 0 radical (unpaired) electrons. The molecule has 0 fully saturated rings. The summed E-state index contributed by atoms with van der Waals surface area (Å²) in [6.45, 7) is 0.0887. The molecule has 0 bridgehead atoms. The van der Waals surface area contributed by atoms with Gasteiger partial charge in [0.25, 0.3) is 0 Å². The van der Waals surface area contributed by atoms with Crippen LogP contribution in [0.15, 0.2) is 53.7 Å². The minimum Gasteiger partial charge on any atom is -0.508 e. The second-order valence-electron chi connectivity index (χ2n) is 4.81. The van der Waals surface area contributed by atoms with Crippen LogP contribution in [0.25, 0.3) is 6.08 Å². The summed E-state index contributed by atoms with van der Waals surface area (Å²) in [5, 5.41) is 19.8. The molecule has 1 aromatic rings. The Balaban J connectivity index is 1.84. The minimum absolute atomic E-state index is 0.0887. The lowest BCUT2D eigenvalue weighted by Crippen LogP contribution is -2.25. The van der Waals surface area contributed by atoms with Crippen LogP contribution in [0.2, 0.25) is 0 Å². The molecule has 1 aliphatic heterocycles. The molecule has 110 valence electrons. The molecule has 5 nitrogen and oxygen atoms in total. The summed E-state index contributed by atoms with van der Waals surface area (Å²) in [5.74, 6) is 1.33. The van der Waals surface area contributed by atoms with Gasteiger partial charge >= 0.3 is 0 Å². The average Bonchev–Trinajstić information content (AvgIpc) is 2.97. The summed E-state index contributed by atoms with van der Waals surface area (Å²) in [5.41, 5.74) is 0.845. The third-order valence-corrected chi connectivity index (χ3v) is 3.44. The van der Waals surface area contributed by atoms with Gasteiger partial charge in [-0.1, -0.05) is 24.3 Å². The van der Waals surface area contributed by atoms with E-state index >= 15 is 0 Å². The normalized spacial score (nSPS) is 24.4. The molecule has 2 unspecified atom stereocenters. The zero-order valence-electron chi connectivity index (χ0n) is 11.5. The van der Waals surface area contributed by atoms with E-state index in [-0.39, 0.29) is 18.5 Å². The van der Waals surface area contributed by atoms with Crippen molar-refractivity contribution in [1.82, 2.24) is 0 Å². The van der Waals surface area contributed by atoms with Crippen molar-refractivity contribution in [2.75, 3.05) is 13.9 Å². The smallest absolute Gasteiger partial charge is 0.231 e. The highest BCUT2D eigenvalue weighted by Crippen LogP contribution is 2.35. The van der Waals surface area contributed by atoms with Gasteiger partial charge in [-0.3, -0.25) is 0 Å². The lowest BCUT2D eigenvalue weighted by Gasteiger charge is -2.22. The van der Waals surface area contributed by atoms with E-state index in [1.807, 2.05) is 18.2 Å². The van der Waals surface area contributed by atoms with Gasteiger partial charge in [0.2, 0.25) is 12.6 Å². The third kappa shape index (κ3) is 2.60. The van der Waals surface area contributed by atoms with Crippen LogP contribution in [-0.2, 0) is 14.2 Å². The summed E-state index contributed by atoms with van der Waals surface area (Å²) in [6.07, 6.45) is 4.65. The average molecular weight is 288 g/mol. The Hall–Kier alpha value is -2.40. The molecule has 0 aromatic heterocycles. The molecular weight excluding hydrogens is 272 g/mol. The summed E-state index contributed by atoms with van der Waals surface area (Å²) in [7, 11) is 1.55. The number of phenolic OH excluding ortho intramolecular Hbond substituents is 1. The highest BCUT2D eigenvalue weighted by atomic mass is 16.7. The molecule has 21 heavy (non-hydrogen) atoms. The van der Waals surface area contributed by atoms with Gasteiger partial charge in [0.05, 0.1) is 7.11 Å². The Morgan fingerprint density at radius 3 is 2.95 bits per heavy atom. The van der Waals surface area contributed by atoms with Crippen molar-refractivity contribution in [2.24, 2.45) is 5.92 Å². The van der Waals surface area contributed by atoms with E-state index in [2.05, 4.69) is 0 Å². The first-order chi connectivity index (χ1) is 10.2. The molecule has 2 atom stereocenters. The molecule has 0 saturated carbocycles. The van der Waals surface area contributed by atoms with Crippen LogP contribution in [0, 0.1) is 5.92 Å². The van der Waals surface area contributed by atoms with Crippen LogP contribution in [0.1, 0.15) is 5.56 Å². The van der Waals surface area contributed by atoms with Crippen molar-refractivity contribution in [3.8, 4) is 5.75 Å². The fourth-order valence-corrected chi connectivity index (χ4v) is 2.39. The van der Waals surface area contributed by atoms with Crippen LogP contribution in [0.5, 0.6) is 5.75 Å². The van der Waals surface area contributed by atoms with E-state index in [0.29, 0.717) is 17.3 Å². The molecule has 1 aromatic carbocycles. The molecule has 1 aliphatic carbocycles. The largest absolute Gasteiger partial charge is 0.508 e. The lowest BCUT2D eigenvalue weighted by molar-refractivity contribution is 0.0424. The first-order valence-electron chi connectivity index (χ1n) is 6.60. The Bertz CT molecular complexity index is 629. The van der Waals surface area contributed by atoms with Crippen LogP contribution in [0.4, 0.5) is 0 Å². The summed E-state index contributed by atoms with van der Waals surface area (Å²) in [4.78, 5) is 0. The maximum Gasteiger partial charge on any atom is 0.231 e. The molecule has 0 saturated heterocycles.